The van der Waals surface area contributed by atoms with Crippen molar-refractivity contribution in [2.45, 2.75) is 26.8 Å². The molecule has 3 atom stereocenters. The second-order valence-corrected chi connectivity index (χ2v) is 8.51. The van der Waals surface area contributed by atoms with Crippen LogP contribution in [-0.4, -0.2) is 82.4 Å². The van der Waals surface area contributed by atoms with Crippen LogP contribution >= 0.6 is 0 Å². The molecule has 4 rings (SSSR count). The molecule has 2 aliphatic heterocycles. The molecule has 0 spiro atoms. The highest BCUT2D eigenvalue weighted by Crippen LogP contribution is 2.29. The number of nitrogens with zero attached hydrogens (tertiary/aromatic N) is 6. The van der Waals surface area contributed by atoms with E-state index in [2.05, 4.69) is 51.1 Å². The van der Waals surface area contributed by atoms with E-state index in [-0.39, 0.29) is 17.7 Å². The Bertz CT molecular complexity index is 833. The molecule has 4 heterocycles. The van der Waals surface area contributed by atoms with Crippen LogP contribution in [-0.2, 0) is 9.53 Å². The number of carbonyl (C=O) groups is 1. The summed E-state index contributed by atoms with van der Waals surface area (Å²) in [6.07, 6.45) is 5.25. The number of amides is 1. The first-order chi connectivity index (χ1) is 14.0. The molecule has 2 aromatic rings. The van der Waals surface area contributed by atoms with Crippen LogP contribution in [0, 0.1) is 17.8 Å². The summed E-state index contributed by atoms with van der Waals surface area (Å²) in [5.74, 6) is 1.59. The maximum Gasteiger partial charge on any atom is 0.225 e. The smallest absolute Gasteiger partial charge is 0.225 e. The number of nitrogens with one attached hydrogen (secondary N) is 1. The van der Waals surface area contributed by atoms with Gasteiger partial charge in [-0.3, -0.25) is 14.1 Å². The summed E-state index contributed by atoms with van der Waals surface area (Å²) in [6, 6.07) is 0.335. The van der Waals surface area contributed by atoms with Gasteiger partial charge in [-0.1, -0.05) is 20.8 Å². The third kappa shape index (κ3) is 4.20. The zero-order valence-electron chi connectivity index (χ0n) is 17.5. The van der Waals surface area contributed by atoms with Crippen LogP contribution in [0.25, 0.3) is 5.65 Å². The summed E-state index contributed by atoms with van der Waals surface area (Å²) in [7, 11) is 0. The van der Waals surface area contributed by atoms with Gasteiger partial charge in [0.05, 0.1) is 19.1 Å². The summed E-state index contributed by atoms with van der Waals surface area (Å²) in [6.45, 7) is 12.1. The predicted octanol–water partition coefficient (Wildman–Crippen LogP) is 0.670. The number of aromatic nitrogens is 4. The average molecular weight is 402 g/mol. The Hall–Kier alpha value is -2.26. The molecule has 1 amide bonds. The van der Waals surface area contributed by atoms with E-state index in [1.807, 2.05) is 10.6 Å². The zero-order valence-corrected chi connectivity index (χ0v) is 17.5. The number of anilines is 1. The highest BCUT2D eigenvalue weighted by Gasteiger charge is 2.37. The van der Waals surface area contributed by atoms with E-state index < -0.39 is 0 Å². The third-order valence-electron chi connectivity index (χ3n) is 6.22. The van der Waals surface area contributed by atoms with E-state index in [0.29, 0.717) is 25.0 Å². The Labute approximate surface area is 171 Å². The number of carbonyl (C=O) groups excluding carboxylic acids is 1. The molecule has 0 aromatic carbocycles. The maximum atomic E-state index is 13.0. The van der Waals surface area contributed by atoms with Crippen LogP contribution < -0.4 is 10.2 Å². The molecule has 1 N–H and O–H groups in total. The van der Waals surface area contributed by atoms with Crippen LogP contribution in [0.3, 0.4) is 0 Å². The lowest BCUT2D eigenvalue weighted by Gasteiger charge is -2.37. The van der Waals surface area contributed by atoms with Gasteiger partial charge >= 0.3 is 0 Å². The first-order valence-corrected chi connectivity index (χ1v) is 10.5. The molecular formula is C20H31N7O2. The summed E-state index contributed by atoms with van der Waals surface area (Å²) in [4.78, 5) is 22.1. The highest BCUT2D eigenvalue weighted by molar-refractivity contribution is 5.81. The third-order valence-corrected chi connectivity index (χ3v) is 6.22. The molecule has 0 radical (unpaired) electrons. The summed E-state index contributed by atoms with van der Waals surface area (Å²) >= 11 is 0. The van der Waals surface area contributed by atoms with Crippen LogP contribution in [0.4, 0.5) is 5.82 Å². The van der Waals surface area contributed by atoms with Crippen LogP contribution in [0.1, 0.15) is 20.8 Å². The molecule has 0 aliphatic carbocycles. The van der Waals surface area contributed by atoms with Gasteiger partial charge in [-0.25, -0.2) is 4.98 Å². The minimum absolute atomic E-state index is 0.0579. The van der Waals surface area contributed by atoms with E-state index in [1.54, 1.807) is 12.5 Å². The Morgan fingerprint density at radius 1 is 1.31 bits per heavy atom. The van der Waals surface area contributed by atoms with Crippen molar-refractivity contribution in [1.82, 2.24) is 29.8 Å². The Balaban J connectivity index is 1.39. The molecule has 2 aromatic heterocycles. The fourth-order valence-electron chi connectivity index (χ4n) is 4.48. The molecule has 29 heavy (non-hydrogen) atoms. The highest BCUT2D eigenvalue weighted by atomic mass is 16.5. The van der Waals surface area contributed by atoms with E-state index >= 15 is 0 Å². The largest absolute Gasteiger partial charge is 0.379 e. The predicted molar refractivity (Wildman–Crippen MR) is 110 cm³/mol. The van der Waals surface area contributed by atoms with Crippen molar-refractivity contribution in [2.75, 3.05) is 50.8 Å². The SMILES string of the molecule is CC(C)[C@H](CNC(=O)[C@H]1CN(c2nccn3cnnc23)C[C@@H]1C)N1CCOCC1. The van der Waals surface area contributed by atoms with Crippen LogP contribution in [0.2, 0.25) is 0 Å². The van der Waals surface area contributed by atoms with Gasteiger partial charge in [0.15, 0.2) is 5.82 Å². The Morgan fingerprint density at radius 3 is 2.86 bits per heavy atom. The second-order valence-electron chi connectivity index (χ2n) is 8.51. The average Bonchev–Trinajstić information content (AvgIpc) is 3.35. The molecule has 158 valence electrons. The van der Waals surface area contributed by atoms with Crippen molar-refractivity contribution in [3.05, 3.63) is 18.7 Å². The lowest BCUT2D eigenvalue weighted by Crippen LogP contribution is -2.52. The van der Waals surface area contributed by atoms with Crippen LogP contribution in [0.5, 0.6) is 0 Å². The maximum absolute atomic E-state index is 13.0. The Morgan fingerprint density at radius 2 is 2.10 bits per heavy atom. The zero-order chi connectivity index (χ0) is 20.4. The van der Waals surface area contributed by atoms with Gasteiger partial charge in [-0.15, -0.1) is 10.2 Å². The molecule has 9 heteroatoms. The fraction of sp³-hybridized carbons (Fsp3) is 0.700. The van der Waals surface area contributed by atoms with E-state index in [1.165, 1.54) is 0 Å². The van der Waals surface area contributed by atoms with E-state index in [4.69, 9.17) is 4.74 Å². The summed E-state index contributed by atoms with van der Waals surface area (Å²) < 4.78 is 7.33. The quantitative estimate of drug-likeness (QED) is 0.761. The van der Waals surface area contributed by atoms with E-state index in [0.717, 1.165) is 44.3 Å². The number of fused-ring (bicyclic) bond motifs is 1. The number of morpholine rings is 1. The number of rotatable bonds is 6. The molecular weight excluding hydrogens is 370 g/mol. The van der Waals surface area contributed by atoms with Crippen molar-refractivity contribution >= 4 is 17.4 Å². The van der Waals surface area contributed by atoms with E-state index in [9.17, 15) is 4.79 Å². The van der Waals surface area contributed by atoms with Crippen molar-refractivity contribution in [3.63, 3.8) is 0 Å². The van der Waals surface area contributed by atoms with Gasteiger partial charge in [-0.2, -0.15) is 0 Å². The van der Waals surface area contributed by atoms with Gasteiger partial charge in [-0.05, 0) is 11.8 Å². The summed E-state index contributed by atoms with van der Waals surface area (Å²) in [5.41, 5.74) is 0.730. The number of ether oxygens (including phenoxy) is 1. The second kappa shape index (κ2) is 8.62. The van der Waals surface area contributed by atoms with Crippen molar-refractivity contribution in [3.8, 4) is 0 Å². The molecule has 9 nitrogen and oxygen atoms in total. The first-order valence-electron chi connectivity index (χ1n) is 10.5. The lowest BCUT2D eigenvalue weighted by molar-refractivity contribution is -0.125. The molecule has 0 saturated carbocycles. The minimum atomic E-state index is -0.0579. The van der Waals surface area contributed by atoms with Gasteiger partial charge < -0.3 is 15.0 Å². The fourth-order valence-corrected chi connectivity index (χ4v) is 4.48. The topological polar surface area (TPSA) is 87.9 Å². The monoisotopic (exact) mass is 401 g/mol. The first kappa shape index (κ1) is 20.0. The van der Waals surface area contributed by atoms with Crippen molar-refractivity contribution in [1.29, 1.82) is 0 Å². The normalized spacial score (nSPS) is 24.3. The Kier molecular flexibility index (Phi) is 5.96. The minimum Gasteiger partial charge on any atom is -0.379 e. The van der Waals surface area contributed by atoms with Gasteiger partial charge in [0.1, 0.15) is 6.33 Å². The molecule has 0 bridgehead atoms. The molecule has 2 saturated heterocycles. The standard InChI is InChI=1S/C20H31N7O2/c1-14(2)17(25-6-8-29-9-7-25)10-22-20(28)16-12-27(11-15(16)3)18-19-24-23-13-26(19)5-4-21-18/h4-5,13-17H,6-12H2,1-3H3,(H,22,28)/t15-,16-,17-/m0/s1. The van der Waals surface area contributed by atoms with Gasteiger partial charge in [0.2, 0.25) is 11.6 Å². The van der Waals surface area contributed by atoms with Crippen molar-refractivity contribution in [2.24, 2.45) is 17.8 Å². The van der Waals surface area contributed by atoms with Gasteiger partial charge in [0.25, 0.3) is 0 Å². The van der Waals surface area contributed by atoms with Crippen LogP contribution in [0.15, 0.2) is 18.7 Å². The lowest BCUT2D eigenvalue weighted by atomic mass is 9.96. The van der Waals surface area contributed by atoms with Crippen molar-refractivity contribution < 1.29 is 9.53 Å². The number of hydrogen-bond donors (Lipinski definition) is 1. The van der Waals surface area contributed by atoms with Gasteiger partial charge in [0, 0.05) is 51.2 Å². The summed E-state index contributed by atoms with van der Waals surface area (Å²) in [5, 5.41) is 11.4. The molecule has 2 aliphatic rings. The molecule has 2 fully saturated rings. The molecule has 0 unspecified atom stereocenters. The number of hydrogen-bond acceptors (Lipinski definition) is 7.